The van der Waals surface area contributed by atoms with Crippen LogP contribution in [0, 0.1) is 10.1 Å². The number of halogens is 2. The number of ether oxygens (including phenoxy) is 1. The summed E-state index contributed by atoms with van der Waals surface area (Å²) in [5, 5.41) is 11.9. The summed E-state index contributed by atoms with van der Waals surface area (Å²) in [6.45, 7) is 2.33. The molecule has 1 atom stereocenters. The summed E-state index contributed by atoms with van der Waals surface area (Å²) >= 11 is 11.9. The molecule has 1 unspecified atom stereocenters. The highest BCUT2D eigenvalue weighted by atomic mass is 35.5. The van der Waals surface area contributed by atoms with Gasteiger partial charge in [0, 0.05) is 41.8 Å². The van der Waals surface area contributed by atoms with E-state index in [9.17, 15) is 18.5 Å². The van der Waals surface area contributed by atoms with Crippen LogP contribution in [0.4, 0.5) is 5.69 Å². The lowest BCUT2D eigenvalue weighted by atomic mass is 10.1. The van der Waals surface area contributed by atoms with Crippen LogP contribution in [0.3, 0.4) is 0 Å². The number of benzene rings is 2. The zero-order valence-corrected chi connectivity index (χ0v) is 17.6. The molecule has 1 fully saturated rings. The van der Waals surface area contributed by atoms with Crippen LogP contribution < -0.4 is 4.72 Å². The number of hydrogen-bond donors (Lipinski definition) is 1. The van der Waals surface area contributed by atoms with Gasteiger partial charge in [-0.05, 0) is 29.8 Å². The number of rotatable bonds is 7. The molecule has 0 amide bonds. The fourth-order valence-corrected chi connectivity index (χ4v) is 4.74. The van der Waals surface area contributed by atoms with E-state index in [-0.39, 0.29) is 17.6 Å². The third-order valence-electron chi connectivity index (χ3n) is 4.59. The van der Waals surface area contributed by atoms with Gasteiger partial charge in [-0.25, -0.2) is 13.1 Å². The molecule has 1 aliphatic rings. The molecule has 11 heteroatoms. The van der Waals surface area contributed by atoms with Gasteiger partial charge in [-0.3, -0.25) is 15.0 Å². The van der Waals surface area contributed by atoms with Crippen LogP contribution in [0.15, 0.2) is 47.4 Å². The Kier molecular flexibility index (Phi) is 7.10. The summed E-state index contributed by atoms with van der Waals surface area (Å²) in [7, 11) is -4.15. The Hall–Kier alpha value is -1.75. The average molecular weight is 460 g/mol. The van der Waals surface area contributed by atoms with Gasteiger partial charge in [-0.2, -0.15) is 0 Å². The van der Waals surface area contributed by atoms with E-state index < -0.39 is 25.5 Å². The second kappa shape index (κ2) is 9.38. The molecule has 8 nitrogen and oxygen atoms in total. The second-order valence-electron chi connectivity index (χ2n) is 6.44. The number of nitrogens with one attached hydrogen (secondary N) is 1. The Balaban J connectivity index is 1.88. The number of nitrogens with zero attached hydrogens (tertiary/aromatic N) is 2. The zero-order chi connectivity index (χ0) is 21.0. The molecule has 156 valence electrons. The van der Waals surface area contributed by atoms with E-state index in [1.807, 2.05) is 6.07 Å². The molecule has 1 aliphatic heterocycles. The number of sulfonamides is 1. The van der Waals surface area contributed by atoms with Crippen molar-refractivity contribution in [2.75, 3.05) is 32.8 Å². The lowest BCUT2D eigenvalue weighted by Gasteiger charge is -2.35. The molecular formula is C18H19Cl2N3O5S. The van der Waals surface area contributed by atoms with Crippen molar-refractivity contribution >= 4 is 38.9 Å². The third-order valence-corrected chi connectivity index (χ3v) is 6.53. The zero-order valence-electron chi connectivity index (χ0n) is 15.3. The molecule has 29 heavy (non-hydrogen) atoms. The van der Waals surface area contributed by atoms with Gasteiger partial charge in [0.15, 0.2) is 4.90 Å². The predicted octanol–water partition coefficient (Wildman–Crippen LogP) is 3.25. The Labute approximate surface area is 178 Å². The summed E-state index contributed by atoms with van der Waals surface area (Å²) in [6.07, 6.45) is 0. The topological polar surface area (TPSA) is 102 Å². The number of nitro benzene ring substituents is 1. The molecule has 3 rings (SSSR count). The Morgan fingerprint density at radius 2 is 1.83 bits per heavy atom. The average Bonchev–Trinajstić information content (AvgIpc) is 2.68. The molecule has 2 aromatic rings. The predicted molar refractivity (Wildman–Crippen MR) is 110 cm³/mol. The standard InChI is InChI=1S/C18H19Cl2N3O5S/c19-14-3-1-2-13(10-14)17(22-6-8-28-9-7-22)12-21-29(26,27)18-5-4-15(20)11-16(18)23(24)25/h1-5,10-11,17,21H,6-9,12H2. The van der Waals surface area contributed by atoms with Crippen molar-refractivity contribution in [3.8, 4) is 0 Å². The molecule has 0 spiro atoms. The molecule has 0 aliphatic carbocycles. The first-order chi connectivity index (χ1) is 13.8. The van der Waals surface area contributed by atoms with E-state index in [1.54, 1.807) is 18.2 Å². The minimum absolute atomic E-state index is 0.0163. The third kappa shape index (κ3) is 5.44. The lowest BCUT2D eigenvalue weighted by Crippen LogP contribution is -2.43. The van der Waals surface area contributed by atoms with Crippen molar-refractivity contribution in [1.29, 1.82) is 0 Å². The molecule has 0 saturated carbocycles. The Bertz CT molecular complexity index is 997. The maximum absolute atomic E-state index is 12.8. The van der Waals surface area contributed by atoms with Crippen molar-refractivity contribution in [3.63, 3.8) is 0 Å². The van der Waals surface area contributed by atoms with Crippen LogP contribution in [0.5, 0.6) is 0 Å². The van der Waals surface area contributed by atoms with Gasteiger partial charge in [0.1, 0.15) is 0 Å². The SMILES string of the molecule is O=[N+]([O-])c1cc(Cl)ccc1S(=O)(=O)NCC(c1cccc(Cl)c1)N1CCOCC1. The first kappa shape index (κ1) is 21.9. The lowest BCUT2D eigenvalue weighted by molar-refractivity contribution is -0.387. The Morgan fingerprint density at radius 1 is 1.14 bits per heavy atom. The highest BCUT2D eigenvalue weighted by molar-refractivity contribution is 7.89. The van der Waals surface area contributed by atoms with Gasteiger partial charge < -0.3 is 4.74 Å². The summed E-state index contributed by atoms with van der Waals surface area (Å²) in [4.78, 5) is 12.2. The van der Waals surface area contributed by atoms with Crippen LogP contribution in [0.2, 0.25) is 10.0 Å². The quantitative estimate of drug-likeness (QED) is 0.503. The summed E-state index contributed by atoms with van der Waals surface area (Å²) in [6, 6.07) is 10.3. The monoisotopic (exact) mass is 459 g/mol. The summed E-state index contributed by atoms with van der Waals surface area (Å²) in [5.41, 5.74) is 0.267. The summed E-state index contributed by atoms with van der Waals surface area (Å²) in [5.74, 6) is 0. The minimum atomic E-state index is -4.15. The van der Waals surface area contributed by atoms with Crippen molar-refractivity contribution in [1.82, 2.24) is 9.62 Å². The van der Waals surface area contributed by atoms with Gasteiger partial charge in [-0.15, -0.1) is 0 Å². The maximum atomic E-state index is 12.8. The Morgan fingerprint density at radius 3 is 2.48 bits per heavy atom. The fourth-order valence-electron chi connectivity index (χ4n) is 3.19. The molecule has 1 saturated heterocycles. The van der Waals surface area contributed by atoms with Crippen LogP contribution >= 0.6 is 23.2 Å². The van der Waals surface area contributed by atoms with Crippen LogP contribution in [0.1, 0.15) is 11.6 Å². The van der Waals surface area contributed by atoms with Crippen molar-refractivity contribution in [3.05, 3.63) is 68.2 Å². The molecule has 0 aromatic heterocycles. The molecule has 0 radical (unpaired) electrons. The van der Waals surface area contributed by atoms with E-state index in [0.717, 1.165) is 17.7 Å². The van der Waals surface area contributed by atoms with Crippen molar-refractivity contribution < 1.29 is 18.1 Å². The minimum Gasteiger partial charge on any atom is -0.379 e. The van der Waals surface area contributed by atoms with E-state index in [4.69, 9.17) is 27.9 Å². The molecule has 1 heterocycles. The summed E-state index contributed by atoms with van der Waals surface area (Å²) < 4.78 is 33.5. The van der Waals surface area contributed by atoms with Crippen LogP contribution in [-0.2, 0) is 14.8 Å². The van der Waals surface area contributed by atoms with E-state index in [1.165, 1.54) is 6.07 Å². The molecule has 2 aromatic carbocycles. The number of hydrogen-bond acceptors (Lipinski definition) is 6. The van der Waals surface area contributed by atoms with E-state index in [2.05, 4.69) is 9.62 Å². The van der Waals surface area contributed by atoms with E-state index in [0.29, 0.717) is 31.3 Å². The van der Waals surface area contributed by atoms with Crippen LogP contribution in [0.25, 0.3) is 0 Å². The van der Waals surface area contributed by atoms with Gasteiger partial charge in [-0.1, -0.05) is 35.3 Å². The van der Waals surface area contributed by atoms with Crippen molar-refractivity contribution in [2.24, 2.45) is 0 Å². The second-order valence-corrected chi connectivity index (χ2v) is 9.05. The molecule has 0 bridgehead atoms. The maximum Gasteiger partial charge on any atom is 0.290 e. The van der Waals surface area contributed by atoms with Crippen molar-refractivity contribution in [2.45, 2.75) is 10.9 Å². The van der Waals surface area contributed by atoms with Gasteiger partial charge in [0.2, 0.25) is 10.0 Å². The highest BCUT2D eigenvalue weighted by Gasteiger charge is 2.29. The first-order valence-electron chi connectivity index (χ1n) is 8.79. The molecular weight excluding hydrogens is 441 g/mol. The normalized spacial score (nSPS) is 16.5. The fraction of sp³-hybridized carbons (Fsp3) is 0.333. The van der Waals surface area contributed by atoms with E-state index >= 15 is 0 Å². The largest absolute Gasteiger partial charge is 0.379 e. The van der Waals surface area contributed by atoms with Gasteiger partial charge in [0.05, 0.1) is 18.1 Å². The smallest absolute Gasteiger partial charge is 0.290 e. The number of nitro groups is 1. The molecule has 1 N–H and O–H groups in total. The van der Waals surface area contributed by atoms with Crippen LogP contribution in [-0.4, -0.2) is 51.1 Å². The van der Waals surface area contributed by atoms with Gasteiger partial charge in [0.25, 0.3) is 5.69 Å². The highest BCUT2D eigenvalue weighted by Crippen LogP contribution is 2.28. The van der Waals surface area contributed by atoms with Gasteiger partial charge >= 0.3 is 0 Å². The number of morpholine rings is 1. The first-order valence-corrected chi connectivity index (χ1v) is 11.0.